The van der Waals surface area contributed by atoms with E-state index in [-0.39, 0.29) is 0 Å². The SMILES string of the molecule is CCCCCC[C@H](/C=C(/C)O)[Si](C)(C)c1ccccc1. The van der Waals surface area contributed by atoms with Gasteiger partial charge in [0.05, 0.1) is 13.8 Å². The topological polar surface area (TPSA) is 20.2 Å². The Bertz CT molecular complexity index is 405. The van der Waals surface area contributed by atoms with Crippen molar-refractivity contribution in [2.24, 2.45) is 0 Å². The van der Waals surface area contributed by atoms with E-state index in [0.717, 1.165) is 0 Å². The molecule has 0 aromatic heterocycles. The lowest BCUT2D eigenvalue weighted by Gasteiger charge is -2.31. The van der Waals surface area contributed by atoms with Crippen LogP contribution < -0.4 is 5.19 Å². The van der Waals surface area contributed by atoms with Crippen LogP contribution in [0.25, 0.3) is 0 Å². The third-order valence-electron chi connectivity index (χ3n) is 4.26. The van der Waals surface area contributed by atoms with Gasteiger partial charge in [-0.1, -0.05) is 81.2 Å². The number of benzene rings is 1. The Balaban J connectivity index is 2.83. The predicted molar refractivity (Wildman–Crippen MR) is 92.5 cm³/mol. The summed E-state index contributed by atoms with van der Waals surface area (Å²) in [7, 11) is -1.57. The molecule has 0 bridgehead atoms. The summed E-state index contributed by atoms with van der Waals surface area (Å²) in [5.41, 5.74) is 0.520. The maximum absolute atomic E-state index is 9.72. The average molecular weight is 291 g/mol. The second-order valence-corrected chi connectivity index (χ2v) is 11.1. The molecule has 0 aliphatic rings. The van der Waals surface area contributed by atoms with Gasteiger partial charge in [0.25, 0.3) is 0 Å². The van der Waals surface area contributed by atoms with Gasteiger partial charge in [-0.15, -0.1) is 0 Å². The van der Waals surface area contributed by atoms with Crippen molar-refractivity contribution >= 4 is 13.3 Å². The van der Waals surface area contributed by atoms with E-state index in [1.807, 2.05) is 0 Å². The van der Waals surface area contributed by atoms with Crippen LogP contribution in [-0.4, -0.2) is 13.2 Å². The summed E-state index contributed by atoms with van der Waals surface area (Å²) in [4.78, 5) is 0. The Kier molecular flexibility index (Phi) is 7.07. The van der Waals surface area contributed by atoms with E-state index in [4.69, 9.17) is 0 Å². The first kappa shape index (κ1) is 17.0. The number of aliphatic hydroxyl groups excluding tert-OH is 1. The van der Waals surface area contributed by atoms with Crippen LogP contribution in [0.15, 0.2) is 42.2 Å². The van der Waals surface area contributed by atoms with Gasteiger partial charge >= 0.3 is 0 Å². The first-order chi connectivity index (χ1) is 9.48. The number of hydrogen-bond donors (Lipinski definition) is 1. The highest BCUT2D eigenvalue weighted by molar-refractivity contribution is 6.91. The van der Waals surface area contributed by atoms with Gasteiger partial charge in [0.2, 0.25) is 0 Å². The molecule has 1 atom stereocenters. The molecule has 0 aliphatic heterocycles. The molecule has 1 N–H and O–H groups in total. The van der Waals surface area contributed by atoms with Gasteiger partial charge in [-0.05, 0) is 25.0 Å². The molecule has 0 amide bonds. The van der Waals surface area contributed by atoms with E-state index in [1.54, 1.807) is 6.92 Å². The van der Waals surface area contributed by atoms with Crippen molar-refractivity contribution < 1.29 is 5.11 Å². The fraction of sp³-hybridized carbons (Fsp3) is 0.556. The summed E-state index contributed by atoms with van der Waals surface area (Å²) in [5, 5.41) is 11.2. The molecule has 0 aliphatic carbocycles. The highest BCUT2D eigenvalue weighted by Crippen LogP contribution is 2.30. The van der Waals surface area contributed by atoms with E-state index >= 15 is 0 Å². The molecule has 0 heterocycles. The van der Waals surface area contributed by atoms with Gasteiger partial charge in [0.1, 0.15) is 0 Å². The normalized spacial score (nSPS) is 14.3. The zero-order valence-corrected chi connectivity index (χ0v) is 14.5. The van der Waals surface area contributed by atoms with Crippen molar-refractivity contribution in [3.05, 3.63) is 42.2 Å². The maximum atomic E-state index is 9.72. The van der Waals surface area contributed by atoms with Gasteiger partial charge < -0.3 is 5.11 Å². The Morgan fingerprint density at radius 3 is 2.35 bits per heavy atom. The molecule has 1 rings (SSSR count). The number of hydrogen-bond acceptors (Lipinski definition) is 1. The highest BCUT2D eigenvalue weighted by Gasteiger charge is 2.31. The largest absolute Gasteiger partial charge is 0.513 e. The Labute approximate surface area is 125 Å². The Hall–Kier alpha value is -1.02. The molecular weight excluding hydrogens is 260 g/mol. The molecule has 112 valence electrons. The van der Waals surface area contributed by atoms with Gasteiger partial charge in [-0.2, -0.15) is 0 Å². The van der Waals surface area contributed by atoms with Crippen LogP contribution in [0, 0.1) is 0 Å². The zero-order chi connectivity index (χ0) is 15.0. The molecule has 0 radical (unpaired) electrons. The Morgan fingerprint density at radius 1 is 1.15 bits per heavy atom. The molecule has 0 saturated heterocycles. The van der Waals surface area contributed by atoms with E-state index in [9.17, 15) is 5.11 Å². The van der Waals surface area contributed by atoms with Crippen molar-refractivity contribution in [3.63, 3.8) is 0 Å². The third-order valence-corrected chi connectivity index (χ3v) is 8.39. The minimum absolute atomic E-state index is 0.474. The van der Waals surface area contributed by atoms with Crippen LogP contribution in [-0.2, 0) is 0 Å². The quantitative estimate of drug-likeness (QED) is 0.386. The van der Waals surface area contributed by atoms with Gasteiger partial charge in [-0.25, -0.2) is 0 Å². The molecule has 0 saturated carbocycles. The van der Waals surface area contributed by atoms with Crippen LogP contribution >= 0.6 is 0 Å². The number of unbranched alkanes of at least 4 members (excludes halogenated alkanes) is 3. The Morgan fingerprint density at radius 2 is 1.80 bits per heavy atom. The summed E-state index contributed by atoms with van der Waals surface area (Å²) in [6.07, 6.45) is 8.48. The van der Waals surface area contributed by atoms with E-state index in [2.05, 4.69) is 56.4 Å². The summed E-state index contributed by atoms with van der Waals surface area (Å²) < 4.78 is 0. The van der Waals surface area contributed by atoms with Crippen molar-refractivity contribution in [1.29, 1.82) is 0 Å². The third kappa shape index (κ3) is 5.16. The van der Waals surface area contributed by atoms with Crippen molar-refractivity contribution in [2.45, 2.75) is 64.6 Å². The molecule has 1 aromatic rings. The molecule has 2 heteroatoms. The van der Waals surface area contributed by atoms with E-state index in [1.165, 1.54) is 37.3 Å². The zero-order valence-electron chi connectivity index (χ0n) is 13.5. The molecular formula is C18H30OSi. The molecule has 0 unspecified atom stereocenters. The molecule has 0 fully saturated rings. The number of allylic oxidation sites excluding steroid dienone is 2. The lowest BCUT2D eigenvalue weighted by atomic mass is 10.1. The predicted octanol–water partition coefficient (Wildman–Crippen LogP) is 5.40. The second-order valence-electron chi connectivity index (χ2n) is 6.35. The fourth-order valence-electron chi connectivity index (χ4n) is 2.82. The minimum Gasteiger partial charge on any atom is -0.513 e. The molecule has 1 aromatic carbocycles. The fourth-order valence-corrected chi connectivity index (χ4v) is 5.88. The van der Waals surface area contributed by atoms with Gasteiger partial charge in [0.15, 0.2) is 0 Å². The smallest absolute Gasteiger partial charge is 0.0875 e. The van der Waals surface area contributed by atoms with Crippen LogP contribution in [0.4, 0.5) is 0 Å². The van der Waals surface area contributed by atoms with Crippen LogP contribution in [0.5, 0.6) is 0 Å². The second kappa shape index (κ2) is 8.31. The van der Waals surface area contributed by atoms with Crippen LogP contribution in [0.2, 0.25) is 18.6 Å². The molecule has 0 spiro atoms. The summed E-state index contributed by atoms with van der Waals surface area (Å²) in [6.45, 7) is 8.89. The van der Waals surface area contributed by atoms with Crippen molar-refractivity contribution in [3.8, 4) is 0 Å². The van der Waals surface area contributed by atoms with Crippen molar-refractivity contribution in [2.75, 3.05) is 0 Å². The standard InChI is InChI=1S/C18H30OSi/c1-5-6-7-9-14-18(15-16(2)19)20(3,4)17-12-10-8-11-13-17/h8,10-13,15,18-19H,5-7,9,14H2,1-4H3/b16-15-/t18-/m1/s1. The summed E-state index contributed by atoms with van der Waals surface area (Å²) >= 11 is 0. The number of aliphatic hydroxyl groups is 1. The number of rotatable bonds is 8. The van der Waals surface area contributed by atoms with Crippen LogP contribution in [0.3, 0.4) is 0 Å². The van der Waals surface area contributed by atoms with Gasteiger partial charge in [-0.3, -0.25) is 0 Å². The van der Waals surface area contributed by atoms with E-state index < -0.39 is 8.07 Å². The van der Waals surface area contributed by atoms with Crippen LogP contribution in [0.1, 0.15) is 46.0 Å². The monoisotopic (exact) mass is 290 g/mol. The lowest BCUT2D eigenvalue weighted by Crippen LogP contribution is -2.45. The van der Waals surface area contributed by atoms with Crippen molar-refractivity contribution in [1.82, 2.24) is 0 Å². The maximum Gasteiger partial charge on any atom is 0.0875 e. The molecule has 20 heavy (non-hydrogen) atoms. The first-order valence-electron chi connectivity index (χ1n) is 7.91. The average Bonchev–Trinajstić information content (AvgIpc) is 2.42. The summed E-state index contributed by atoms with van der Waals surface area (Å²) in [6, 6.07) is 10.9. The summed E-state index contributed by atoms with van der Waals surface area (Å²) in [5.74, 6) is 0.474. The van der Waals surface area contributed by atoms with Gasteiger partial charge in [0, 0.05) is 0 Å². The highest BCUT2D eigenvalue weighted by atomic mass is 28.3. The first-order valence-corrected chi connectivity index (χ1v) is 11.0. The minimum atomic E-state index is -1.57. The lowest BCUT2D eigenvalue weighted by molar-refractivity contribution is 0.410. The van der Waals surface area contributed by atoms with E-state index in [0.29, 0.717) is 11.3 Å². The molecule has 1 nitrogen and oxygen atoms in total.